The standard InChI is InChI=1S/C14H17N3O3S/c1-9-8-21-14-15-10(6-12(18)17(9)14)7-16-5-3-4-11(16)13(19)20-2/h6,8,11H,3-5,7H2,1-2H3. The fourth-order valence-corrected chi connectivity index (χ4v) is 3.70. The maximum atomic E-state index is 12.1. The minimum absolute atomic E-state index is 0.0671. The molecular weight excluding hydrogens is 290 g/mol. The number of methoxy groups -OCH3 is 1. The predicted octanol–water partition coefficient (Wildman–Crippen LogP) is 1.20. The van der Waals surface area contributed by atoms with Crippen LogP contribution in [0.1, 0.15) is 24.2 Å². The number of carbonyl (C=O) groups is 1. The molecule has 1 aliphatic rings. The first kappa shape index (κ1) is 14.2. The quantitative estimate of drug-likeness (QED) is 0.797. The molecule has 112 valence electrons. The number of carbonyl (C=O) groups excluding carboxylic acids is 1. The molecule has 1 atom stereocenters. The van der Waals surface area contributed by atoms with Crippen molar-refractivity contribution in [3.8, 4) is 0 Å². The Bertz CT molecular complexity index is 737. The number of hydrogen-bond donors (Lipinski definition) is 0. The van der Waals surface area contributed by atoms with Crippen molar-refractivity contribution in [1.29, 1.82) is 0 Å². The molecule has 2 aromatic rings. The van der Waals surface area contributed by atoms with Crippen LogP contribution in [-0.4, -0.2) is 40.0 Å². The highest BCUT2D eigenvalue weighted by atomic mass is 32.1. The van der Waals surface area contributed by atoms with Crippen LogP contribution in [0.2, 0.25) is 0 Å². The number of aromatic nitrogens is 2. The van der Waals surface area contributed by atoms with Gasteiger partial charge in [-0.05, 0) is 26.3 Å². The van der Waals surface area contributed by atoms with Gasteiger partial charge in [-0.2, -0.15) is 0 Å². The van der Waals surface area contributed by atoms with E-state index in [0.29, 0.717) is 17.2 Å². The number of fused-ring (bicyclic) bond motifs is 1. The predicted molar refractivity (Wildman–Crippen MR) is 79.5 cm³/mol. The minimum Gasteiger partial charge on any atom is -0.468 e. The van der Waals surface area contributed by atoms with Gasteiger partial charge in [0.1, 0.15) is 6.04 Å². The summed E-state index contributed by atoms with van der Waals surface area (Å²) in [5, 5.41) is 1.92. The molecule has 1 saturated heterocycles. The number of rotatable bonds is 3. The molecule has 3 rings (SSSR count). The van der Waals surface area contributed by atoms with Crippen LogP contribution >= 0.6 is 11.3 Å². The fourth-order valence-electron chi connectivity index (χ4n) is 2.81. The topological polar surface area (TPSA) is 63.9 Å². The molecule has 0 aromatic carbocycles. The smallest absolute Gasteiger partial charge is 0.323 e. The molecule has 0 spiro atoms. The SMILES string of the molecule is COC(=O)C1CCCN1Cc1cc(=O)n2c(C)csc2n1. The van der Waals surface area contributed by atoms with E-state index in [2.05, 4.69) is 4.98 Å². The summed E-state index contributed by atoms with van der Waals surface area (Å²) in [5.74, 6) is -0.211. The van der Waals surface area contributed by atoms with Gasteiger partial charge in [0, 0.05) is 23.7 Å². The minimum atomic E-state index is -0.222. The molecule has 0 bridgehead atoms. The van der Waals surface area contributed by atoms with Crippen LogP contribution in [0.3, 0.4) is 0 Å². The zero-order chi connectivity index (χ0) is 15.0. The Morgan fingerprint density at radius 3 is 3.14 bits per heavy atom. The van der Waals surface area contributed by atoms with E-state index in [-0.39, 0.29) is 17.6 Å². The number of esters is 1. The molecule has 2 aromatic heterocycles. The molecule has 1 unspecified atom stereocenters. The Morgan fingerprint density at radius 2 is 2.38 bits per heavy atom. The molecule has 6 nitrogen and oxygen atoms in total. The van der Waals surface area contributed by atoms with Gasteiger partial charge < -0.3 is 4.74 Å². The number of nitrogens with zero attached hydrogens (tertiary/aromatic N) is 3. The first-order valence-electron chi connectivity index (χ1n) is 6.89. The van der Waals surface area contributed by atoms with Crippen LogP contribution < -0.4 is 5.56 Å². The molecule has 7 heteroatoms. The highest BCUT2D eigenvalue weighted by molar-refractivity contribution is 7.15. The van der Waals surface area contributed by atoms with Gasteiger partial charge in [-0.1, -0.05) is 0 Å². The molecule has 1 aliphatic heterocycles. The summed E-state index contributed by atoms with van der Waals surface area (Å²) in [6.07, 6.45) is 1.76. The molecule has 0 N–H and O–H groups in total. The van der Waals surface area contributed by atoms with E-state index < -0.39 is 0 Å². The number of thiazole rings is 1. The lowest BCUT2D eigenvalue weighted by molar-refractivity contribution is -0.146. The highest BCUT2D eigenvalue weighted by Crippen LogP contribution is 2.21. The number of ether oxygens (including phenoxy) is 1. The van der Waals surface area contributed by atoms with Gasteiger partial charge in [-0.3, -0.25) is 18.9 Å². The Kier molecular flexibility index (Phi) is 3.77. The third-order valence-electron chi connectivity index (χ3n) is 3.83. The average molecular weight is 307 g/mol. The Hall–Kier alpha value is -1.73. The Morgan fingerprint density at radius 1 is 1.57 bits per heavy atom. The summed E-state index contributed by atoms with van der Waals surface area (Å²) in [6, 6.07) is 1.33. The first-order chi connectivity index (χ1) is 10.1. The molecular formula is C14H17N3O3S. The van der Waals surface area contributed by atoms with Gasteiger partial charge in [0.15, 0.2) is 4.96 Å². The van der Waals surface area contributed by atoms with Gasteiger partial charge in [0.25, 0.3) is 5.56 Å². The molecule has 3 heterocycles. The molecule has 0 radical (unpaired) electrons. The van der Waals surface area contributed by atoms with Crippen molar-refractivity contribution in [2.45, 2.75) is 32.4 Å². The number of likely N-dealkylation sites (tertiary alicyclic amines) is 1. The molecule has 0 aliphatic carbocycles. The molecule has 21 heavy (non-hydrogen) atoms. The van der Waals surface area contributed by atoms with E-state index in [1.165, 1.54) is 18.4 Å². The van der Waals surface area contributed by atoms with E-state index in [1.807, 2.05) is 17.2 Å². The average Bonchev–Trinajstić information content (AvgIpc) is 3.05. The summed E-state index contributed by atoms with van der Waals surface area (Å²) in [7, 11) is 1.41. The maximum Gasteiger partial charge on any atom is 0.323 e. The Balaban J connectivity index is 1.88. The highest BCUT2D eigenvalue weighted by Gasteiger charge is 2.31. The third-order valence-corrected chi connectivity index (χ3v) is 4.77. The van der Waals surface area contributed by atoms with Crippen LogP contribution in [0.5, 0.6) is 0 Å². The number of hydrogen-bond acceptors (Lipinski definition) is 6. The van der Waals surface area contributed by atoms with E-state index in [0.717, 1.165) is 25.1 Å². The fraction of sp³-hybridized carbons (Fsp3) is 0.500. The van der Waals surface area contributed by atoms with Crippen molar-refractivity contribution in [2.75, 3.05) is 13.7 Å². The van der Waals surface area contributed by atoms with Crippen LogP contribution in [0.4, 0.5) is 0 Å². The second-order valence-electron chi connectivity index (χ2n) is 5.23. The van der Waals surface area contributed by atoms with E-state index in [1.54, 1.807) is 10.5 Å². The van der Waals surface area contributed by atoms with Crippen molar-refractivity contribution < 1.29 is 9.53 Å². The molecule has 0 saturated carbocycles. The summed E-state index contributed by atoms with van der Waals surface area (Å²) in [6.45, 7) is 3.22. The zero-order valence-corrected chi connectivity index (χ0v) is 12.9. The van der Waals surface area contributed by atoms with Crippen molar-refractivity contribution in [3.05, 3.63) is 33.2 Å². The lowest BCUT2D eigenvalue weighted by Crippen LogP contribution is -2.36. The zero-order valence-electron chi connectivity index (χ0n) is 12.0. The second-order valence-corrected chi connectivity index (χ2v) is 6.07. The molecule has 0 amide bonds. The summed E-state index contributed by atoms with van der Waals surface area (Å²) in [4.78, 5) is 31.2. The van der Waals surface area contributed by atoms with Gasteiger partial charge >= 0.3 is 5.97 Å². The number of aryl methyl sites for hydroxylation is 1. The van der Waals surface area contributed by atoms with Crippen LogP contribution in [0, 0.1) is 6.92 Å². The summed E-state index contributed by atoms with van der Waals surface area (Å²) >= 11 is 1.45. The Labute approximate surface area is 126 Å². The largest absolute Gasteiger partial charge is 0.468 e. The lowest BCUT2D eigenvalue weighted by Gasteiger charge is -2.21. The summed E-state index contributed by atoms with van der Waals surface area (Å²) < 4.78 is 6.44. The van der Waals surface area contributed by atoms with Crippen LogP contribution in [0.25, 0.3) is 4.96 Å². The van der Waals surface area contributed by atoms with E-state index >= 15 is 0 Å². The van der Waals surface area contributed by atoms with Crippen molar-refractivity contribution in [2.24, 2.45) is 0 Å². The van der Waals surface area contributed by atoms with E-state index in [4.69, 9.17) is 4.74 Å². The lowest BCUT2D eigenvalue weighted by atomic mass is 10.2. The monoisotopic (exact) mass is 307 g/mol. The third kappa shape index (κ3) is 2.58. The van der Waals surface area contributed by atoms with Crippen molar-refractivity contribution in [3.63, 3.8) is 0 Å². The maximum absolute atomic E-state index is 12.1. The van der Waals surface area contributed by atoms with E-state index in [9.17, 15) is 9.59 Å². The molecule has 1 fully saturated rings. The summed E-state index contributed by atoms with van der Waals surface area (Å²) in [5.41, 5.74) is 1.54. The van der Waals surface area contributed by atoms with Crippen LogP contribution in [-0.2, 0) is 16.1 Å². The van der Waals surface area contributed by atoms with Gasteiger partial charge in [-0.15, -0.1) is 11.3 Å². The van der Waals surface area contributed by atoms with Crippen LogP contribution in [0.15, 0.2) is 16.2 Å². The van der Waals surface area contributed by atoms with Gasteiger partial charge in [0.2, 0.25) is 0 Å². The second kappa shape index (κ2) is 5.57. The normalized spacial score (nSPS) is 19.2. The van der Waals surface area contributed by atoms with Gasteiger partial charge in [-0.25, -0.2) is 4.98 Å². The van der Waals surface area contributed by atoms with Crippen molar-refractivity contribution in [1.82, 2.24) is 14.3 Å². The van der Waals surface area contributed by atoms with Crippen molar-refractivity contribution >= 4 is 22.3 Å². The first-order valence-corrected chi connectivity index (χ1v) is 7.77. The van der Waals surface area contributed by atoms with Gasteiger partial charge in [0.05, 0.1) is 12.8 Å².